The van der Waals surface area contributed by atoms with Crippen molar-refractivity contribution >= 4 is 29.3 Å². The van der Waals surface area contributed by atoms with Crippen molar-refractivity contribution in [1.29, 1.82) is 0 Å². The number of hydrogen-bond acceptors (Lipinski definition) is 6. The molecule has 0 saturated heterocycles. The largest absolute Gasteiger partial charge is 0.452 e. The van der Waals surface area contributed by atoms with Gasteiger partial charge in [0.2, 0.25) is 0 Å². The molecule has 2 rings (SSSR count). The first-order valence-electron chi connectivity index (χ1n) is 8.34. The number of thioether (sulfide) groups is 1. The molecule has 1 amide bonds. The molecule has 0 aliphatic rings. The van der Waals surface area contributed by atoms with Crippen molar-refractivity contribution in [1.82, 2.24) is 5.32 Å². The molecule has 0 heterocycles. The summed E-state index contributed by atoms with van der Waals surface area (Å²) in [5.41, 5.74) is -0.109. The highest BCUT2D eigenvalue weighted by atomic mass is 32.2. The van der Waals surface area contributed by atoms with Gasteiger partial charge in [-0.25, -0.2) is 4.79 Å². The van der Waals surface area contributed by atoms with E-state index >= 15 is 0 Å². The Balaban J connectivity index is 1.72. The molecule has 0 radical (unpaired) electrons. The van der Waals surface area contributed by atoms with E-state index < -0.39 is 23.4 Å². The standard InChI is InChI=1S/C19H20N2O5S/c1-14-7-5-10-16(18(14)21(24)25)19(23)26-13-17(22)20-11-6-12-27-15-8-3-2-4-9-15/h2-5,7-10H,6,11-13H2,1H3,(H,20,22). The second-order valence-corrected chi connectivity index (χ2v) is 6.84. The number of esters is 1. The van der Waals surface area contributed by atoms with Gasteiger partial charge in [-0.1, -0.05) is 30.3 Å². The van der Waals surface area contributed by atoms with E-state index in [1.165, 1.54) is 25.1 Å². The summed E-state index contributed by atoms with van der Waals surface area (Å²) >= 11 is 1.69. The van der Waals surface area contributed by atoms with E-state index in [2.05, 4.69) is 5.32 Å². The van der Waals surface area contributed by atoms with Crippen LogP contribution in [0.5, 0.6) is 0 Å². The number of ether oxygens (including phenoxy) is 1. The first kappa shape index (κ1) is 20.4. The normalized spacial score (nSPS) is 10.3. The monoisotopic (exact) mass is 388 g/mol. The number of nitro benzene ring substituents is 1. The van der Waals surface area contributed by atoms with E-state index in [9.17, 15) is 19.7 Å². The van der Waals surface area contributed by atoms with E-state index in [1.807, 2.05) is 30.3 Å². The number of amides is 1. The third-order valence-electron chi connectivity index (χ3n) is 3.63. The van der Waals surface area contributed by atoms with Crippen molar-refractivity contribution in [3.05, 3.63) is 69.8 Å². The molecule has 0 unspecified atom stereocenters. The lowest BCUT2D eigenvalue weighted by Crippen LogP contribution is -2.30. The quantitative estimate of drug-likeness (QED) is 0.233. The van der Waals surface area contributed by atoms with Crippen LogP contribution in [-0.4, -0.2) is 35.7 Å². The molecule has 0 saturated carbocycles. The van der Waals surface area contributed by atoms with Gasteiger partial charge in [0.1, 0.15) is 5.56 Å². The number of carbonyl (C=O) groups excluding carboxylic acids is 2. The Labute approximate surface area is 161 Å². The number of nitrogens with one attached hydrogen (secondary N) is 1. The maximum Gasteiger partial charge on any atom is 0.345 e. The molecule has 0 bridgehead atoms. The van der Waals surface area contributed by atoms with Crippen LogP contribution in [0, 0.1) is 17.0 Å². The Bertz CT molecular complexity index is 811. The van der Waals surface area contributed by atoms with E-state index in [-0.39, 0.29) is 11.3 Å². The number of benzene rings is 2. The van der Waals surface area contributed by atoms with Crippen molar-refractivity contribution in [3.63, 3.8) is 0 Å². The van der Waals surface area contributed by atoms with Crippen LogP contribution < -0.4 is 5.32 Å². The lowest BCUT2D eigenvalue weighted by Gasteiger charge is -2.08. The predicted octanol–water partition coefficient (Wildman–Crippen LogP) is 3.36. The van der Waals surface area contributed by atoms with Crippen LogP contribution in [0.2, 0.25) is 0 Å². The Hall–Kier alpha value is -2.87. The summed E-state index contributed by atoms with van der Waals surface area (Å²) in [6.45, 7) is 1.52. The Morgan fingerprint density at radius 3 is 2.59 bits per heavy atom. The number of aryl methyl sites for hydroxylation is 1. The van der Waals surface area contributed by atoms with Gasteiger partial charge in [0.05, 0.1) is 4.92 Å². The highest BCUT2D eigenvalue weighted by Crippen LogP contribution is 2.23. The minimum atomic E-state index is -0.889. The van der Waals surface area contributed by atoms with Gasteiger partial charge in [0, 0.05) is 17.0 Å². The molecule has 8 heteroatoms. The van der Waals surface area contributed by atoms with E-state index in [0.29, 0.717) is 12.1 Å². The Morgan fingerprint density at radius 2 is 1.89 bits per heavy atom. The van der Waals surface area contributed by atoms with Crippen molar-refractivity contribution in [2.24, 2.45) is 0 Å². The smallest absolute Gasteiger partial charge is 0.345 e. The van der Waals surface area contributed by atoms with E-state index in [4.69, 9.17) is 4.74 Å². The molecule has 0 aliphatic carbocycles. The molecule has 0 spiro atoms. The fraction of sp³-hybridized carbons (Fsp3) is 0.263. The summed E-state index contributed by atoms with van der Waals surface area (Å²) < 4.78 is 4.90. The number of para-hydroxylation sites is 1. The lowest BCUT2D eigenvalue weighted by molar-refractivity contribution is -0.385. The molecule has 27 heavy (non-hydrogen) atoms. The van der Waals surface area contributed by atoms with Crippen LogP contribution in [0.1, 0.15) is 22.3 Å². The molecule has 0 fully saturated rings. The number of rotatable bonds is 9. The van der Waals surface area contributed by atoms with Crippen LogP contribution in [-0.2, 0) is 9.53 Å². The van der Waals surface area contributed by atoms with E-state index in [1.54, 1.807) is 11.8 Å². The zero-order valence-electron chi connectivity index (χ0n) is 14.8. The second-order valence-electron chi connectivity index (χ2n) is 5.67. The molecule has 2 aromatic rings. The summed E-state index contributed by atoms with van der Waals surface area (Å²) in [5, 5.41) is 13.8. The van der Waals surface area contributed by atoms with Crippen LogP contribution in [0.3, 0.4) is 0 Å². The maximum absolute atomic E-state index is 12.0. The highest BCUT2D eigenvalue weighted by Gasteiger charge is 2.23. The summed E-state index contributed by atoms with van der Waals surface area (Å²) in [5.74, 6) is -0.483. The number of nitrogens with zero attached hydrogens (tertiary/aromatic N) is 1. The highest BCUT2D eigenvalue weighted by molar-refractivity contribution is 7.99. The Morgan fingerprint density at radius 1 is 1.15 bits per heavy atom. The molecular weight excluding hydrogens is 368 g/mol. The van der Waals surface area contributed by atoms with Gasteiger partial charge < -0.3 is 10.1 Å². The van der Waals surface area contributed by atoms with Gasteiger partial charge >= 0.3 is 5.97 Å². The molecular formula is C19H20N2O5S. The zero-order chi connectivity index (χ0) is 19.6. The minimum Gasteiger partial charge on any atom is -0.452 e. The van der Waals surface area contributed by atoms with Crippen LogP contribution in [0.4, 0.5) is 5.69 Å². The first-order chi connectivity index (χ1) is 13.0. The third-order valence-corrected chi connectivity index (χ3v) is 4.73. The lowest BCUT2D eigenvalue weighted by atomic mass is 10.1. The summed E-state index contributed by atoms with van der Waals surface area (Å²) in [6, 6.07) is 14.3. The van der Waals surface area contributed by atoms with Crippen LogP contribution in [0.15, 0.2) is 53.4 Å². The van der Waals surface area contributed by atoms with Crippen molar-refractivity contribution in [3.8, 4) is 0 Å². The maximum atomic E-state index is 12.0. The van der Waals surface area contributed by atoms with Crippen LogP contribution >= 0.6 is 11.8 Å². The van der Waals surface area contributed by atoms with E-state index in [0.717, 1.165) is 17.1 Å². The number of carbonyl (C=O) groups is 2. The average Bonchev–Trinajstić information content (AvgIpc) is 2.66. The topological polar surface area (TPSA) is 98.5 Å². The van der Waals surface area contributed by atoms with Crippen molar-refractivity contribution in [2.45, 2.75) is 18.2 Å². The van der Waals surface area contributed by atoms with Gasteiger partial charge in [-0.3, -0.25) is 14.9 Å². The van der Waals surface area contributed by atoms with Gasteiger partial charge in [-0.15, -0.1) is 11.8 Å². The fourth-order valence-electron chi connectivity index (χ4n) is 2.33. The summed E-state index contributed by atoms with van der Waals surface area (Å²) in [4.78, 5) is 35.5. The predicted molar refractivity (Wildman–Crippen MR) is 103 cm³/mol. The zero-order valence-corrected chi connectivity index (χ0v) is 15.7. The molecule has 1 N–H and O–H groups in total. The summed E-state index contributed by atoms with van der Waals surface area (Å²) in [6.07, 6.45) is 0.766. The first-order valence-corrected chi connectivity index (χ1v) is 9.33. The fourth-order valence-corrected chi connectivity index (χ4v) is 3.21. The summed E-state index contributed by atoms with van der Waals surface area (Å²) in [7, 11) is 0. The molecule has 2 aromatic carbocycles. The van der Waals surface area contributed by atoms with Crippen molar-refractivity contribution in [2.75, 3.05) is 18.9 Å². The van der Waals surface area contributed by atoms with Gasteiger partial charge in [0.15, 0.2) is 6.61 Å². The SMILES string of the molecule is Cc1cccc(C(=O)OCC(=O)NCCCSc2ccccc2)c1[N+](=O)[O-]. The van der Waals surface area contributed by atoms with Gasteiger partial charge in [0.25, 0.3) is 11.6 Å². The minimum absolute atomic E-state index is 0.160. The van der Waals surface area contributed by atoms with Gasteiger partial charge in [-0.2, -0.15) is 0 Å². The number of hydrogen-bond donors (Lipinski definition) is 1. The number of nitro groups is 1. The average molecular weight is 388 g/mol. The molecule has 0 atom stereocenters. The molecule has 0 aromatic heterocycles. The second kappa shape index (κ2) is 10.3. The third kappa shape index (κ3) is 6.41. The van der Waals surface area contributed by atoms with Crippen LogP contribution in [0.25, 0.3) is 0 Å². The molecule has 7 nitrogen and oxygen atoms in total. The van der Waals surface area contributed by atoms with Crippen molar-refractivity contribution < 1.29 is 19.2 Å². The molecule has 142 valence electrons. The molecule has 0 aliphatic heterocycles. The Kier molecular flexibility index (Phi) is 7.81. The van der Waals surface area contributed by atoms with Gasteiger partial charge in [-0.05, 0) is 37.3 Å².